The monoisotopic (exact) mass is 437 g/mol. The molecule has 10 nitrogen and oxygen atoms in total. The predicted octanol–water partition coefficient (Wildman–Crippen LogP) is 0.195. The Bertz CT molecular complexity index is 692. The molecular formula is C21H35N5O5. The molecule has 2 aliphatic rings. The number of hydrogen-bond acceptors (Lipinski definition) is 5. The molecule has 0 aromatic heterocycles. The van der Waals surface area contributed by atoms with Crippen molar-refractivity contribution in [2.45, 2.75) is 83.3 Å². The van der Waals surface area contributed by atoms with E-state index < -0.39 is 35.7 Å². The van der Waals surface area contributed by atoms with Crippen LogP contribution in [0.2, 0.25) is 0 Å². The summed E-state index contributed by atoms with van der Waals surface area (Å²) in [6, 6.07) is -2.89. The molecule has 1 aliphatic carbocycles. The third-order valence-electron chi connectivity index (χ3n) is 6.04. The highest BCUT2D eigenvalue weighted by atomic mass is 16.2. The molecule has 0 aromatic carbocycles. The minimum atomic E-state index is -1.12. The molecule has 5 N–H and O–H groups in total. The molecular weight excluding hydrogens is 402 g/mol. The van der Waals surface area contributed by atoms with Gasteiger partial charge >= 0.3 is 6.03 Å². The number of carbonyl (C=O) groups excluding carboxylic acids is 5. The molecule has 0 spiro atoms. The first-order chi connectivity index (χ1) is 14.8. The van der Waals surface area contributed by atoms with Crippen molar-refractivity contribution in [3.63, 3.8) is 0 Å². The van der Waals surface area contributed by atoms with Crippen molar-refractivity contribution < 1.29 is 24.0 Å². The zero-order chi connectivity index (χ0) is 23.0. The van der Waals surface area contributed by atoms with E-state index in [1.54, 1.807) is 0 Å². The van der Waals surface area contributed by atoms with E-state index in [0.717, 1.165) is 38.5 Å². The number of nitrogens with zero attached hydrogens (tertiary/aromatic N) is 1. The predicted molar refractivity (Wildman–Crippen MR) is 114 cm³/mol. The van der Waals surface area contributed by atoms with Crippen LogP contribution in [0, 0.1) is 5.92 Å². The molecule has 174 valence electrons. The molecule has 1 heterocycles. The maximum Gasteiger partial charge on any atom is 0.315 e. The average molecular weight is 438 g/mol. The van der Waals surface area contributed by atoms with Gasteiger partial charge in [0.1, 0.15) is 12.1 Å². The SMILES string of the molecule is CCCNC(=O)NC(C(=O)N1CCCC1C(=O)NC(C)C(=O)C(N)=O)C1CCCCC1. The Hall–Kier alpha value is -2.65. The number of carbonyl (C=O) groups is 5. The second-order valence-corrected chi connectivity index (χ2v) is 8.42. The summed E-state index contributed by atoms with van der Waals surface area (Å²) in [7, 11) is 0. The lowest BCUT2D eigenvalue weighted by atomic mass is 9.83. The van der Waals surface area contributed by atoms with Gasteiger partial charge in [-0.3, -0.25) is 19.2 Å². The van der Waals surface area contributed by atoms with Crippen molar-refractivity contribution in [3.05, 3.63) is 0 Å². The first-order valence-electron chi connectivity index (χ1n) is 11.2. The summed E-state index contributed by atoms with van der Waals surface area (Å²) in [4.78, 5) is 62.8. The summed E-state index contributed by atoms with van der Waals surface area (Å²) >= 11 is 0. The quantitative estimate of drug-likeness (QED) is 0.380. The highest BCUT2D eigenvalue weighted by Crippen LogP contribution is 2.29. The van der Waals surface area contributed by atoms with E-state index >= 15 is 0 Å². The van der Waals surface area contributed by atoms with Crippen molar-refractivity contribution in [3.8, 4) is 0 Å². The van der Waals surface area contributed by atoms with E-state index in [-0.39, 0.29) is 17.9 Å². The van der Waals surface area contributed by atoms with Gasteiger partial charge in [-0.1, -0.05) is 26.2 Å². The van der Waals surface area contributed by atoms with Crippen LogP contribution in [0.15, 0.2) is 0 Å². The molecule has 31 heavy (non-hydrogen) atoms. The first-order valence-corrected chi connectivity index (χ1v) is 11.2. The van der Waals surface area contributed by atoms with Crippen molar-refractivity contribution >= 4 is 29.5 Å². The van der Waals surface area contributed by atoms with Gasteiger partial charge in [0.2, 0.25) is 17.6 Å². The van der Waals surface area contributed by atoms with Crippen molar-refractivity contribution in [2.24, 2.45) is 11.7 Å². The molecule has 10 heteroatoms. The van der Waals surface area contributed by atoms with Crippen LogP contribution in [0.3, 0.4) is 0 Å². The number of nitrogens with one attached hydrogen (secondary N) is 3. The number of Topliss-reactive ketones (excluding diaryl/α,β-unsaturated/α-hetero) is 1. The molecule has 3 unspecified atom stereocenters. The van der Waals surface area contributed by atoms with Crippen molar-refractivity contribution in [1.29, 1.82) is 0 Å². The van der Waals surface area contributed by atoms with Crippen LogP contribution in [0.4, 0.5) is 4.79 Å². The Morgan fingerprint density at radius 1 is 1.00 bits per heavy atom. The molecule has 1 saturated heterocycles. The van der Waals surface area contributed by atoms with Crippen LogP contribution < -0.4 is 21.7 Å². The second-order valence-electron chi connectivity index (χ2n) is 8.42. The average Bonchev–Trinajstić information content (AvgIpc) is 3.25. The Morgan fingerprint density at radius 2 is 1.68 bits per heavy atom. The van der Waals surface area contributed by atoms with E-state index in [2.05, 4.69) is 16.0 Å². The summed E-state index contributed by atoms with van der Waals surface area (Å²) in [6.07, 6.45) is 6.69. The van der Waals surface area contributed by atoms with Gasteiger partial charge in [-0.25, -0.2) is 4.79 Å². The summed E-state index contributed by atoms with van der Waals surface area (Å²) in [5, 5.41) is 8.08. The normalized spacial score (nSPS) is 21.1. The van der Waals surface area contributed by atoms with Crippen LogP contribution >= 0.6 is 0 Å². The van der Waals surface area contributed by atoms with Crippen molar-refractivity contribution in [2.75, 3.05) is 13.1 Å². The summed E-state index contributed by atoms with van der Waals surface area (Å²) in [5.41, 5.74) is 4.99. The number of urea groups is 1. The van der Waals surface area contributed by atoms with Gasteiger partial charge in [0.15, 0.2) is 0 Å². The Kier molecular flexibility index (Phi) is 9.26. The number of primary amides is 1. The molecule has 3 atom stereocenters. The minimum Gasteiger partial charge on any atom is -0.363 e. The Morgan fingerprint density at radius 3 is 2.29 bits per heavy atom. The van der Waals surface area contributed by atoms with Crippen LogP contribution in [-0.4, -0.2) is 65.7 Å². The number of ketones is 1. The van der Waals surface area contributed by atoms with Crippen molar-refractivity contribution in [1.82, 2.24) is 20.9 Å². The molecule has 0 aromatic rings. The van der Waals surface area contributed by atoms with E-state index in [9.17, 15) is 24.0 Å². The topological polar surface area (TPSA) is 151 Å². The number of amides is 5. The van der Waals surface area contributed by atoms with Gasteiger partial charge in [-0.05, 0) is 44.9 Å². The lowest BCUT2D eigenvalue weighted by Gasteiger charge is -2.34. The summed E-state index contributed by atoms with van der Waals surface area (Å²) in [5.74, 6) is -2.76. The van der Waals surface area contributed by atoms with Gasteiger partial charge in [0.25, 0.3) is 5.91 Å². The lowest BCUT2D eigenvalue weighted by molar-refractivity contribution is -0.142. The first kappa shape index (κ1) is 24.6. The zero-order valence-corrected chi connectivity index (χ0v) is 18.4. The number of rotatable bonds is 9. The van der Waals surface area contributed by atoms with Gasteiger partial charge in [0, 0.05) is 13.1 Å². The second kappa shape index (κ2) is 11.7. The van der Waals surface area contributed by atoms with Crippen LogP contribution in [-0.2, 0) is 19.2 Å². The van der Waals surface area contributed by atoms with Crippen LogP contribution in [0.25, 0.3) is 0 Å². The molecule has 2 rings (SSSR count). The summed E-state index contributed by atoms with van der Waals surface area (Å²) in [6.45, 7) is 4.24. The van der Waals surface area contributed by atoms with Gasteiger partial charge in [-0.15, -0.1) is 0 Å². The highest BCUT2D eigenvalue weighted by molar-refractivity contribution is 6.37. The smallest absolute Gasteiger partial charge is 0.315 e. The Balaban J connectivity index is 2.11. The molecule has 1 saturated carbocycles. The van der Waals surface area contributed by atoms with E-state index in [1.165, 1.54) is 11.8 Å². The molecule has 0 radical (unpaired) electrons. The molecule has 1 aliphatic heterocycles. The van der Waals surface area contributed by atoms with E-state index in [4.69, 9.17) is 5.73 Å². The van der Waals surface area contributed by atoms with E-state index in [0.29, 0.717) is 25.9 Å². The third kappa shape index (κ3) is 6.67. The maximum absolute atomic E-state index is 13.5. The number of nitrogens with two attached hydrogens (primary N) is 1. The van der Waals surface area contributed by atoms with Crippen LogP contribution in [0.5, 0.6) is 0 Å². The minimum absolute atomic E-state index is 0.0216. The largest absolute Gasteiger partial charge is 0.363 e. The lowest BCUT2D eigenvalue weighted by Crippen LogP contribution is -2.58. The molecule has 5 amide bonds. The fourth-order valence-corrected chi connectivity index (χ4v) is 4.35. The fraction of sp³-hybridized carbons (Fsp3) is 0.762. The standard InChI is InChI=1S/C21H35N5O5/c1-3-11-23-21(31)25-16(14-8-5-4-6-9-14)20(30)26-12-7-10-15(26)19(29)24-13(2)17(27)18(22)28/h13-16H,3-12H2,1-2H3,(H2,22,28)(H,24,29)(H2,23,25,31). The number of likely N-dealkylation sites (tertiary alicyclic amines) is 1. The fourth-order valence-electron chi connectivity index (χ4n) is 4.35. The maximum atomic E-state index is 13.5. The van der Waals surface area contributed by atoms with Gasteiger partial charge in [-0.2, -0.15) is 0 Å². The van der Waals surface area contributed by atoms with Crippen LogP contribution in [0.1, 0.15) is 65.2 Å². The van der Waals surface area contributed by atoms with Gasteiger partial charge in [0.05, 0.1) is 6.04 Å². The molecule has 0 bridgehead atoms. The van der Waals surface area contributed by atoms with E-state index in [1.807, 2.05) is 6.92 Å². The van der Waals surface area contributed by atoms with Gasteiger partial charge < -0.3 is 26.6 Å². The molecule has 2 fully saturated rings. The third-order valence-corrected chi connectivity index (χ3v) is 6.04. The summed E-state index contributed by atoms with van der Waals surface area (Å²) < 4.78 is 0. The highest BCUT2D eigenvalue weighted by Gasteiger charge is 2.41. The zero-order valence-electron chi connectivity index (χ0n) is 18.4. The number of hydrogen-bond donors (Lipinski definition) is 4. The Labute approximate surface area is 183 Å².